The van der Waals surface area contributed by atoms with Gasteiger partial charge in [-0.15, -0.1) is 0 Å². The number of aromatic hydroxyl groups is 1. The minimum atomic E-state index is -0.351. The summed E-state index contributed by atoms with van der Waals surface area (Å²) in [6, 6.07) is 23.2. The van der Waals surface area contributed by atoms with Crippen LogP contribution in [0.15, 0.2) is 89.9 Å². The quantitative estimate of drug-likeness (QED) is 0.302. The van der Waals surface area contributed by atoms with Crippen molar-refractivity contribution in [3.63, 3.8) is 0 Å². The number of phenolic OH excluding ortho intramolecular Hbond substituents is 1. The number of rotatable bonds is 5. The number of phenols is 1. The Hall–Kier alpha value is -4.36. The van der Waals surface area contributed by atoms with Gasteiger partial charge >= 0.3 is 0 Å². The van der Waals surface area contributed by atoms with E-state index < -0.39 is 0 Å². The Labute approximate surface area is 206 Å². The van der Waals surface area contributed by atoms with Crippen LogP contribution in [-0.4, -0.2) is 19.6 Å². The molecule has 0 radical (unpaired) electrons. The van der Waals surface area contributed by atoms with Crippen LogP contribution in [0.1, 0.15) is 18.7 Å². The van der Waals surface area contributed by atoms with E-state index in [1.165, 1.54) is 0 Å². The number of nitrogen functional groups attached to an aromatic ring is 1. The van der Waals surface area contributed by atoms with E-state index in [1.807, 2.05) is 55.5 Å². The van der Waals surface area contributed by atoms with E-state index in [4.69, 9.17) is 17.3 Å². The van der Waals surface area contributed by atoms with Crippen molar-refractivity contribution in [3.8, 4) is 22.6 Å². The fraction of sp³-hybridized carbons (Fsp3) is 0.0741. The first-order valence-electron chi connectivity index (χ1n) is 11.0. The predicted octanol–water partition coefficient (Wildman–Crippen LogP) is 5.56. The Morgan fingerprint density at radius 3 is 2.51 bits per heavy atom. The number of halogens is 1. The van der Waals surface area contributed by atoms with Gasteiger partial charge in [-0.1, -0.05) is 54.1 Å². The number of fused-ring (bicyclic) bond motifs is 1. The molecular weight excluding hydrogens is 462 g/mol. The number of hydrogen-bond donors (Lipinski definition) is 3. The second-order valence-corrected chi connectivity index (χ2v) is 8.56. The van der Waals surface area contributed by atoms with Crippen molar-refractivity contribution in [1.29, 1.82) is 0 Å². The molecule has 0 saturated heterocycles. The summed E-state index contributed by atoms with van der Waals surface area (Å²) in [6.07, 6.45) is 1.63. The minimum absolute atomic E-state index is 0.118. The second kappa shape index (κ2) is 9.12. The lowest BCUT2D eigenvalue weighted by Crippen LogP contribution is -2.26. The number of nitrogens with zero attached hydrogens (tertiary/aromatic N) is 3. The van der Waals surface area contributed by atoms with Crippen molar-refractivity contribution in [2.45, 2.75) is 13.0 Å². The fourth-order valence-electron chi connectivity index (χ4n) is 4.14. The maximum absolute atomic E-state index is 13.7. The number of aromatic nitrogens is 3. The van der Waals surface area contributed by atoms with Gasteiger partial charge < -0.3 is 16.2 Å². The Balaban J connectivity index is 1.66. The summed E-state index contributed by atoms with van der Waals surface area (Å²) < 4.78 is 1.66. The highest BCUT2D eigenvalue weighted by Crippen LogP contribution is 2.32. The summed E-state index contributed by atoms with van der Waals surface area (Å²) in [5.41, 5.74) is 8.68. The molecule has 5 aromatic rings. The van der Waals surface area contributed by atoms with E-state index >= 15 is 0 Å². The smallest absolute Gasteiger partial charge is 0.264 e. The van der Waals surface area contributed by atoms with Crippen LogP contribution in [0.25, 0.3) is 27.6 Å². The topological polar surface area (TPSA) is 106 Å². The standard InChI is InChI=1S/C27H22ClN5O2/c1-16(31-25-21(15-30-27(29)32-25)17-10-12-20(34)13-11-17)23-14-18-6-5-9-22(28)24(18)26(35)33(23)19-7-3-2-4-8-19/h2-16,34H,1H3,(H3,29,30,31,32)/t16-/m0/s1. The number of hydrogen-bond acceptors (Lipinski definition) is 6. The molecule has 5 rings (SSSR count). The van der Waals surface area contributed by atoms with Crippen LogP contribution in [-0.2, 0) is 0 Å². The van der Waals surface area contributed by atoms with E-state index in [1.54, 1.807) is 41.1 Å². The molecule has 2 aromatic heterocycles. The lowest BCUT2D eigenvalue weighted by atomic mass is 10.1. The third-order valence-electron chi connectivity index (χ3n) is 5.82. The molecule has 1 atom stereocenters. The van der Waals surface area contributed by atoms with Crippen molar-refractivity contribution in [3.05, 3.63) is 106 Å². The molecule has 4 N–H and O–H groups in total. The molecule has 0 spiro atoms. The first kappa shape index (κ1) is 22.4. The maximum atomic E-state index is 13.7. The van der Waals surface area contributed by atoms with Gasteiger partial charge in [-0.2, -0.15) is 4.98 Å². The van der Waals surface area contributed by atoms with Gasteiger partial charge in [0.05, 0.1) is 16.5 Å². The summed E-state index contributed by atoms with van der Waals surface area (Å²) in [5.74, 6) is 0.789. The van der Waals surface area contributed by atoms with E-state index in [0.29, 0.717) is 21.8 Å². The van der Waals surface area contributed by atoms with Gasteiger partial charge in [0.15, 0.2) is 0 Å². The molecule has 0 unspecified atom stereocenters. The Morgan fingerprint density at radius 1 is 1.03 bits per heavy atom. The molecule has 174 valence electrons. The zero-order chi connectivity index (χ0) is 24.5. The SMILES string of the molecule is C[C@H](Nc1nc(N)ncc1-c1ccc(O)cc1)c1cc2cccc(Cl)c2c(=O)n1-c1ccccc1. The van der Waals surface area contributed by atoms with Gasteiger partial charge in [-0.25, -0.2) is 4.98 Å². The molecule has 8 heteroatoms. The lowest BCUT2D eigenvalue weighted by molar-refractivity contribution is 0.475. The zero-order valence-corrected chi connectivity index (χ0v) is 19.6. The first-order chi connectivity index (χ1) is 16.9. The number of para-hydroxylation sites is 1. The first-order valence-corrected chi connectivity index (χ1v) is 11.4. The van der Waals surface area contributed by atoms with Gasteiger partial charge in [-0.3, -0.25) is 9.36 Å². The van der Waals surface area contributed by atoms with Gasteiger partial charge in [0.25, 0.3) is 5.56 Å². The minimum Gasteiger partial charge on any atom is -0.508 e. The number of benzene rings is 3. The molecule has 0 amide bonds. The fourth-order valence-corrected chi connectivity index (χ4v) is 4.40. The lowest BCUT2D eigenvalue weighted by Gasteiger charge is -2.22. The number of anilines is 2. The average Bonchev–Trinajstić information content (AvgIpc) is 2.85. The Kier molecular flexibility index (Phi) is 5.84. The highest BCUT2D eigenvalue weighted by molar-refractivity contribution is 6.35. The van der Waals surface area contributed by atoms with Gasteiger partial charge in [-0.05, 0) is 54.3 Å². The van der Waals surface area contributed by atoms with Crippen molar-refractivity contribution in [2.75, 3.05) is 11.1 Å². The predicted molar refractivity (Wildman–Crippen MR) is 140 cm³/mol. The van der Waals surface area contributed by atoms with E-state index in [-0.39, 0.29) is 23.3 Å². The maximum Gasteiger partial charge on any atom is 0.264 e. The third kappa shape index (κ3) is 4.29. The van der Waals surface area contributed by atoms with Gasteiger partial charge in [0.2, 0.25) is 5.95 Å². The molecule has 0 aliphatic heterocycles. The van der Waals surface area contributed by atoms with Crippen LogP contribution in [0.2, 0.25) is 5.02 Å². The average molecular weight is 484 g/mol. The molecule has 0 aliphatic rings. The molecule has 0 aliphatic carbocycles. The molecule has 3 aromatic carbocycles. The van der Waals surface area contributed by atoms with Crippen molar-refractivity contribution >= 4 is 34.1 Å². The molecule has 35 heavy (non-hydrogen) atoms. The van der Waals surface area contributed by atoms with Crippen LogP contribution in [0.5, 0.6) is 5.75 Å². The summed E-state index contributed by atoms with van der Waals surface area (Å²) in [7, 11) is 0. The van der Waals surface area contributed by atoms with Crippen LogP contribution >= 0.6 is 11.6 Å². The molecule has 0 fully saturated rings. The Morgan fingerprint density at radius 2 is 1.77 bits per heavy atom. The van der Waals surface area contributed by atoms with Crippen molar-refractivity contribution in [1.82, 2.24) is 14.5 Å². The van der Waals surface area contributed by atoms with E-state index in [2.05, 4.69) is 15.3 Å². The summed E-state index contributed by atoms with van der Waals surface area (Å²) in [6.45, 7) is 1.95. The molecule has 0 saturated carbocycles. The van der Waals surface area contributed by atoms with Crippen LogP contribution in [0.3, 0.4) is 0 Å². The van der Waals surface area contributed by atoms with Crippen molar-refractivity contribution in [2.24, 2.45) is 0 Å². The van der Waals surface area contributed by atoms with Crippen molar-refractivity contribution < 1.29 is 5.11 Å². The normalized spacial score (nSPS) is 11.9. The van der Waals surface area contributed by atoms with E-state index in [0.717, 1.165) is 22.3 Å². The molecule has 7 nitrogen and oxygen atoms in total. The van der Waals surface area contributed by atoms with Gasteiger partial charge in [0, 0.05) is 23.1 Å². The third-order valence-corrected chi connectivity index (χ3v) is 6.14. The largest absolute Gasteiger partial charge is 0.508 e. The number of nitrogens with one attached hydrogen (secondary N) is 1. The monoisotopic (exact) mass is 483 g/mol. The highest BCUT2D eigenvalue weighted by Gasteiger charge is 2.19. The Bertz CT molecular complexity index is 1580. The van der Waals surface area contributed by atoms with Crippen LogP contribution in [0.4, 0.5) is 11.8 Å². The summed E-state index contributed by atoms with van der Waals surface area (Å²) >= 11 is 6.42. The molecular formula is C27H22ClN5O2. The zero-order valence-electron chi connectivity index (χ0n) is 18.8. The van der Waals surface area contributed by atoms with Crippen LogP contribution < -0.4 is 16.6 Å². The second-order valence-electron chi connectivity index (χ2n) is 8.15. The number of nitrogens with two attached hydrogens (primary N) is 1. The summed E-state index contributed by atoms with van der Waals surface area (Å²) in [5, 5.41) is 14.7. The molecule has 0 bridgehead atoms. The van der Waals surface area contributed by atoms with Crippen LogP contribution in [0, 0.1) is 0 Å². The van der Waals surface area contributed by atoms with E-state index in [9.17, 15) is 9.90 Å². The number of pyridine rings is 1. The highest BCUT2D eigenvalue weighted by atomic mass is 35.5. The van der Waals surface area contributed by atoms with Gasteiger partial charge in [0.1, 0.15) is 11.6 Å². The molecule has 2 heterocycles. The summed E-state index contributed by atoms with van der Waals surface area (Å²) in [4.78, 5) is 22.2.